The third-order valence-electron chi connectivity index (χ3n) is 7.60. The molecule has 0 aromatic heterocycles. The van der Waals surface area contributed by atoms with Crippen LogP contribution in [0.25, 0.3) is 11.1 Å². The van der Waals surface area contributed by atoms with Gasteiger partial charge in [-0.2, -0.15) is 87.8 Å². The smallest absolute Gasteiger partial charge is 0.320 e. The van der Waals surface area contributed by atoms with E-state index in [1.54, 1.807) is 0 Å². The zero-order chi connectivity index (χ0) is 44.4. The Kier molecular flexibility index (Phi) is 12.2. The maximum atomic E-state index is 14.2. The Morgan fingerprint density at radius 1 is 0.429 bits per heavy atom. The van der Waals surface area contributed by atoms with Crippen molar-refractivity contribution in [2.24, 2.45) is 0 Å². The van der Waals surface area contributed by atoms with Gasteiger partial charge in [0.1, 0.15) is 0 Å². The number of halogens is 24. The lowest BCUT2D eigenvalue weighted by atomic mass is 9.93. The first-order valence-corrected chi connectivity index (χ1v) is 13.9. The lowest BCUT2D eigenvalue weighted by molar-refractivity contribution is -0.406. The van der Waals surface area contributed by atoms with E-state index in [0.29, 0.717) is 24.3 Å². The van der Waals surface area contributed by atoms with E-state index in [0.717, 1.165) is 36.6 Å². The number of carbonyl (C=O) groups is 2. The van der Waals surface area contributed by atoms with E-state index >= 15 is 0 Å². The van der Waals surface area contributed by atoms with Crippen LogP contribution in [0, 0.1) is 13.8 Å². The molecular formula is C28H16F24N2O2. The van der Waals surface area contributed by atoms with Gasteiger partial charge in [0, 0.05) is 11.4 Å². The first-order chi connectivity index (χ1) is 24.7. The second-order valence-electron chi connectivity index (χ2n) is 11.4. The SMILES string of the molecule is Cc1cc(-c2ccc(NC(=O)C(F)(F)C(F)(F)C(F)(F)C(F)(F)C(F)(F)C(F)F)c(C)c2)ccc1NC(=O)C(F)(F)C(F)(F)C(F)(F)C(F)(F)C(F)(F)C(F)F. The van der Waals surface area contributed by atoms with Crippen LogP contribution in [0.2, 0.25) is 0 Å². The summed E-state index contributed by atoms with van der Waals surface area (Å²) < 4.78 is 323. The molecule has 0 aliphatic carbocycles. The van der Waals surface area contributed by atoms with Crippen LogP contribution < -0.4 is 10.6 Å². The molecule has 0 bridgehead atoms. The average Bonchev–Trinajstić information content (AvgIpc) is 3.05. The van der Waals surface area contributed by atoms with Gasteiger partial charge in [-0.15, -0.1) is 0 Å². The van der Waals surface area contributed by atoms with E-state index in [2.05, 4.69) is 0 Å². The molecule has 4 nitrogen and oxygen atoms in total. The maximum Gasteiger partial charge on any atom is 0.393 e. The van der Waals surface area contributed by atoms with Gasteiger partial charge in [-0.05, 0) is 60.4 Å². The van der Waals surface area contributed by atoms with Crippen molar-refractivity contribution in [1.82, 2.24) is 0 Å². The van der Waals surface area contributed by atoms with Gasteiger partial charge in [-0.1, -0.05) is 12.1 Å². The lowest BCUT2D eigenvalue weighted by Gasteiger charge is -2.38. The molecule has 0 fully saturated rings. The van der Waals surface area contributed by atoms with Crippen LogP contribution in [-0.2, 0) is 9.59 Å². The third kappa shape index (κ3) is 7.01. The van der Waals surface area contributed by atoms with Crippen LogP contribution in [0.1, 0.15) is 11.1 Å². The minimum Gasteiger partial charge on any atom is -0.320 e. The monoisotopic (exact) mass is 868 g/mol. The predicted octanol–water partition coefficient (Wildman–Crippen LogP) is 10.7. The van der Waals surface area contributed by atoms with Crippen molar-refractivity contribution in [3.63, 3.8) is 0 Å². The quantitative estimate of drug-likeness (QED) is 0.175. The van der Waals surface area contributed by atoms with Crippen molar-refractivity contribution in [2.75, 3.05) is 10.6 Å². The standard InChI is InChI=1S/C28H16F24N2O2/c1-9-7-11(3-5-13(9)53-17(55)21(37,38)25(45,46)27(49,50)23(41,42)19(33,34)15(29)30)12-4-6-14(10(2)8-12)54-18(56)22(39,40)26(47,48)28(51,52)24(43,44)20(35,36)16(31)32/h3-8,15-16H,1-2H3,(H,53,55)(H,54,56). The highest BCUT2D eigenvalue weighted by Crippen LogP contribution is 2.60. The number of hydrogen-bond donors (Lipinski definition) is 2. The van der Waals surface area contributed by atoms with Gasteiger partial charge in [0.25, 0.3) is 0 Å². The highest BCUT2D eigenvalue weighted by Gasteiger charge is 2.90. The van der Waals surface area contributed by atoms with Crippen LogP contribution in [0.5, 0.6) is 0 Å². The maximum absolute atomic E-state index is 14.2. The summed E-state index contributed by atoms with van der Waals surface area (Å²) in [4.78, 5) is 23.8. The van der Waals surface area contributed by atoms with Gasteiger partial charge in [0.15, 0.2) is 0 Å². The number of anilines is 2. The van der Waals surface area contributed by atoms with Crippen molar-refractivity contribution in [2.45, 2.75) is 85.9 Å². The minimum absolute atomic E-state index is 0.224. The summed E-state index contributed by atoms with van der Waals surface area (Å²) in [6.45, 7) is 1.64. The van der Waals surface area contributed by atoms with Gasteiger partial charge in [0.05, 0.1) is 0 Å². The molecule has 2 N–H and O–H groups in total. The van der Waals surface area contributed by atoms with Gasteiger partial charge in [0.2, 0.25) is 0 Å². The molecule has 2 aromatic carbocycles. The Morgan fingerprint density at radius 3 is 0.893 bits per heavy atom. The summed E-state index contributed by atoms with van der Waals surface area (Å²) in [5.74, 6) is -83.3. The van der Waals surface area contributed by atoms with E-state index < -0.39 is 106 Å². The summed E-state index contributed by atoms with van der Waals surface area (Å²) in [5.41, 5.74) is -3.61. The Morgan fingerprint density at radius 2 is 0.679 bits per heavy atom. The first kappa shape index (κ1) is 47.9. The van der Waals surface area contributed by atoms with Crippen molar-refractivity contribution >= 4 is 23.2 Å². The fraction of sp³-hybridized carbons (Fsp3) is 0.500. The molecule has 28 heteroatoms. The Bertz CT molecular complexity index is 1680. The van der Waals surface area contributed by atoms with Crippen LogP contribution in [0.15, 0.2) is 36.4 Å². The van der Waals surface area contributed by atoms with E-state index in [9.17, 15) is 115 Å². The topological polar surface area (TPSA) is 58.2 Å². The van der Waals surface area contributed by atoms with E-state index in [-0.39, 0.29) is 11.1 Å². The lowest BCUT2D eigenvalue weighted by Crippen LogP contribution is -2.70. The number of rotatable bonds is 15. The largest absolute Gasteiger partial charge is 0.393 e. The number of alkyl halides is 24. The molecule has 2 rings (SSSR count). The van der Waals surface area contributed by atoms with Crippen molar-refractivity contribution in [1.29, 1.82) is 0 Å². The number of hydrogen-bond acceptors (Lipinski definition) is 2. The Labute approximate surface area is 294 Å². The molecule has 0 heterocycles. The molecular weight excluding hydrogens is 852 g/mol. The Hall–Kier alpha value is -4.30. The molecule has 0 radical (unpaired) electrons. The normalized spacial score (nSPS) is 14.7. The summed E-state index contributed by atoms with van der Waals surface area (Å²) in [5, 5.41) is 1.76. The number of carbonyl (C=O) groups excluding carboxylic acids is 2. The zero-order valence-corrected chi connectivity index (χ0v) is 26.5. The van der Waals surface area contributed by atoms with Gasteiger partial charge in [-0.25, -0.2) is 17.6 Å². The molecule has 0 aliphatic rings. The average molecular weight is 868 g/mol. The first-order valence-electron chi connectivity index (χ1n) is 13.9. The fourth-order valence-electron chi connectivity index (χ4n) is 4.14. The highest BCUT2D eigenvalue weighted by atomic mass is 19.4. The molecule has 0 unspecified atom stereocenters. The molecule has 0 spiro atoms. The van der Waals surface area contributed by atoms with E-state index in [1.807, 2.05) is 0 Å². The van der Waals surface area contributed by atoms with Crippen LogP contribution in [-0.4, -0.2) is 83.9 Å². The predicted molar refractivity (Wildman–Crippen MR) is 140 cm³/mol. The molecule has 2 amide bonds. The second kappa shape index (κ2) is 14.3. The second-order valence-corrected chi connectivity index (χ2v) is 11.4. The molecule has 0 aliphatic heterocycles. The fourth-order valence-corrected chi connectivity index (χ4v) is 4.14. The van der Waals surface area contributed by atoms with E-state index in [4.69, 9.17) is 0 Å². The number of amides is 2. The number of aryl methyl sites for hydroxylation is 2. The highest BCUT2D eigenvalue weighted by molar-refractivity contribution is 5.99. The van der Waals surface area contributed by atoms with Gasteiger partial charge < -0.3 is 10.6 Å². The van der Waals surface area contributed by atoms with Crippen LogP contribution in [0.4, 0.5) is 117 Å². The van der Waals surface area contributed by atoms with Crippen molar-refractivity contribution in [3.05, 3.63) is 47.5 Å². The Balaban J connectivity index is 2.39. The van der Waals surface area contributed by atoms with E-state index in [1.165, 1.54) is 0 Å². The molecule has 318 valence electrons. The summed E-state index contributed by atoms with van der Waals surface area (Å²) in [6.07, 6.45) is -11.6. The summed E-state index contributed by atoms with van der Waals surface area (Å²) in [7, 11) is 0. The van der Waals surface area contributed by atoms with Gasteiger partial charge in [-0.3, -0.25) is 9.59 Å². The van der Waals surface area contributed by atoms with Crippen LogP contribution in [0.3, 0.4) is 0 Å². The third-order valence-corrected chi connectivity index (χ3v) is 7.60. The molecule has 0 saturated heterocycles. The number of nitrogens with one attached hydrogen (secondary N) is 2. The molecule has 0 saturated carbocycles. The molecule has 56 heavy (non-hydrogen) atoms. The van der Waals surface area contributed by atoms with Crippen LogP contribution >= 0.6 is 0 Å². The van der Waals surface area contributed by atoms with Crippen molar-refractivity contribution < 1.29 is 115 Å². The summed E-state index contributed by atoms with van der Waals surface area (Å²) in [6, 6.07) is 3.94. The van der Waals surface area contributed by atoms with Gasteiger partial charge >= 0.3 is 83.9 Å². The molecule has 0 atom stereocenters. The minimum atomic E-state index is -8.02. The number of benzene rings is 2. The van der Waals surface area contributed by atoms with Crippen molar-refractivity contribution in [3.8, 4) is 11.1 Å². The summed E-state index contributed by atoms with van der Waals surface area (Å²) >= 11 is 0. The molecule has 2 aromatic rings. The zero-order valence-electron chi connectivity index (χ0n) is 26.5.